The Hall–Kier alpha value is -3.80. The first kappa shape index (κ1) is 19.5. The van der Waals surface area contributed by atoms with Crippen LogP contribution in [-0.4, -0.2) is 15.7 Å². The van der Waals surface area contributed by atoms with Crippen LogP contribution in [0.2, 0.25) is 0 Å². The third-order valence-corrected chi connectivity index (χ3v) is 4.64. The molecule has 4 rings (SSSR count). The predicted molar refractivity (Wildman–Crippen MR) is 112 cm³/mol. The Balaban J connectivity index is 1.70. The molecule has 0 fully saturated rings. The standard InChI is InChI=1S/C24H19F2N3O/c1-16-7-9-18(10-8-16)23-22(15-29(28-23)14-17-5-3-2-4-6-17)24(30)27-21-12-19(25)11-20(26)13-21/h2-13,15H,14H2,1H3,(H,27,30). The van der Waals surface area contributed by atoms with Crippen LogP contribution in [0, 0.1) is 18.6 Å². The molecule has 1 N–H and O–H groups in total. The van der Waals surface area contributed by atoms with Crippen LogP contribution in [0.4, 0.5) is 14.5 Å². The molecule has 0 atom stereocenters. The fourth-order valence-electron chi connectivity index (χ4n) is 3.19. The van der Waals surface area contributed by atoms with E-state index in [9.17, 15) is 13.6 Å². The minimum absolute atomic E-state index is 0.0446. The smallest absolute Gasteiger partial charge is 0.259 e. The van der Waals surface area contributed by atoms with Crippen molar-refractivity contribution >= 4 is 11.6 Å². The molecule has 4 aromatic rings. The van der Waals surface area contributed by atoms with Gasteiger partial charge in [0.1, 0.15) is 17.3 Å². The lowest BCUT2D eigenvalue weighted by atomic mass is 10.1. The van der Waals surface area contributed by atoms with Crippen LogP contribution >= 0.6 is 0 Å². The maximum atomic E-state index is 13.5. The molecule has 0 spiro atoms. The summed E-state index contributed by atoms with van der Waals surface area (Å²) in [7, 11) is 0. The number of hydrogen-bond donors (Lipinski definition) is 1. The third kappa shape index (κ3) is 4.43. The molecule has 1 heterocycles. The molecular weight excluding hydrogens is 384 g/mol. The van der Waals surface area contributed by atoms with Gasteiger partial charge in [-0.05, 0) is 24.6 Å². The Kier molecular flexibility index (Phi) is 5.39. The first-order chi connectivity index (χ1) is 14.5. The van der Waals surface area contributed by atoms with Gasteiger partial charge in [-0.2, -0.15) is 5.10 Å². The zero-order valence-corrected chi connectivity index (χ0v) is 16.3. The molecule has 0 saturated heterocycles. The van der Waals surface area contributed by atoms with Crippen LogP contribution < -0.4 is 5.32 Å². The maximum absolute atomic E-state index is 13.5. The molecule has 6 heteroatoms. The Morgan fingerprint density at radius 1 is 0.967 bits per heavy atom. The van der Waals surface area contributed by atoms with Crippen molar-refractivity contribution in [3.05, 3.63) is 107 Å². The van der Waals surface area contributed by atoms with Gasteiger partial charge in [0.05, 0.1) is 12.1 Å². The minimum atomic E-state index is -0.760. The zero-order valence-electron chi connectivity index (χ0n) is 16.3. The van der Waals surface area contributed by atoms with Crippen molar-refractivity contribution in [3.63, 3.8) is 0 Å². The summed E-state index contributed by atoms with van der Waals surface area (Å²) in [5, 5.41) is 7.18. The van der Waals surface area contributed by atoms with Gasteiger partial charge in [-0.25, -0.2) is 8.78 Å². The van der Waals surface area contributed by atoms with E-state index in [1.165, 1.54) is 0 Å². The van der Waals surface area contributed by atoms with Gasteiger partial charge in [-0.1, -0.05) is 60.2 Å². The van der Waals surface area contributed by atoms with E-state index in [4.69, 9.17) is 0 Å². The number of halogens is 2. The quantitative estimate of drug-likeness (QED) is 0.483. The highest BCUT2D eigenvalue weighted by Gasteiger charge is 2.19. The number of carbonyl (C=O) groups excluding carboxylic acids is 1. The van der Waals surface area contributed by atoms with Crippen LogP contribution in [0.5, 0.6) is 0 Å². The number of aryl methyl sites for hydroxylation is 1. The number of hydrogen-bond acceptors (Lipinski definition) is 2. The van der Waals surface area contributed by atoms with Gasteiger partial charge < -0.3 is 5.32 Å². The minimum Gasteiger partial charge on any atom is -0.322 e. The zero-order chi connectivity index (χ0) is 21.1. The van der Waals surface area contributed by atoms with Crippen LogP contribution in [-0.2, 0) is 6.54 Å². The summed E-state index contributed by atoms with van der Waals surface area (Å²) < 4.78 is 28.7. The van der Waals surface area contributed by atoms with Crippen LogP contribution in [0.25, 0.3) is 11.3 Å². The number of rotatable bonds is 5. The summed E-state index contributed by atoms with van der Waals surface area (Å²) >= 11 is 0. The normalized spacial score (nSPS) is 10.8. The molecule has 0 aliphatic rings. The maximum Gasteiger partial charge on any atom is 0.259 e. The van der Waals surface area contributed by atoms with E-state index in [1.807, 2.05) is 61.5 Å². The van der Waals surface area contributed by atoms with E-state index < -0.39 is 17.5 Å². The van der Waals surface area contributed by atoms with Crippen molar-refractivity contribution in [2.75, 3.05) is 5.32 Å². The number of carbonyl (C=O) groups is 1. The van der Waals surface area contributed by atoms with E-state index in [2.05, 4.69) is 10.4 Å². The number of nitrogens with zero attached hydrogens (tertiary/aromatic N) is 2. The first-order valence-electron chi connectivity index (χ1n) is 9.44. The average Bonchev–Trinajstić information content (AvgIpc) is 3.12. The van der Waals surface area contributed by atoms with Gasteiger partial charge >= 0.3 is 0 Å². The number of nitrogens with one attached hydrogen (secondary N) is 1. The second-order valence-electron chi connectivity index (χ2n) is 7.05. The highest BCUT2D eigenvalue weighted by Crippen LogP contribution is 2.24. The molecule has 0 aliphatic carbocycles. The summed E-state index contributed by atoms with van der Waals surface area (Å²) in [6.07, 6.45) is 1.65. The Bertz CT molecular complexity index is 1160. The largest absolute Gasteiger partial charge is 0.322 e. The highest BCUT2D eigenvalue weighted by molar-refractivity contribution is 6.08. The van der Waals surface area contributed by atoms with E-state index >= 15 is 0 Å². The van der Waals surface area contributed by atoms with Crippen LogP contribution in [0.3, 0.4) is 0 Å². The fraction of sp³-hybridized carbons (Fsp3) is 0.0833. The van der Waals surface area contributed by atoms with E-state index in [0.717, 1.165) is 34.9 Å². The lowest BCUT2D eigenvalue weighted by Gasteiger charge is -2.06. The topological polar surface area (TPSA) is 46.9 Å². The molecule has 0 bridgehead atoms. The van der Waals surface area contributed by atoms with Crippen molar-refractivity contribution in [3.8, 4) is 11.3 Å². The van der Waals surface area contributed by atoms with Crippen LogP contribution in [0.15, 0.2) is 79.0 Å². The first-order valence-corrected chi connectivity index (χ1v) is 9.44. The van der Waals surface area contributed by atoms with Crippen molar-refractivity contribution in [2.45, 2.75) is 13.5 Å². The Morgan fingerprint density at radius 3 is 2.30 bits per heavy atom. The van der Waals surface area contributed by atoms with Gasteiger partial charge in [0.2, 0.25) is 0 Å². The summed E-state index contributed by atoms with van der Waals surface area (Å²) in [6, 6.07) is 20.3. The summed E-state index contributed by atoms with van der Waals surface area (Å²) in [4.78, 5) is 13.0. The van der Waals surface area contributed by atoms with Crippen molar-refractivity contribution in [2.24, 2.45) is 0 Å². The Labute approximate surface area is 172 Å². The van der Waals surface area contributed by atoms with Crippen molar-refractivity contribution in [1.29, 1.82) is 0 Å². The molecule has 0 aliphatic heterocycles. The lowest BCUT2D eigenvalue weighted by Crippen LogP contribution is -2.12. The van der Waals surface area contributed by atoms with Crippen LogP contribution in [0.1, 0.15) is 21.5 Å². The number of amides is 1. The lowest BCUT2D eigenvalue weighted by molar-refractivity contribution is 0.102. The number of aromatic nitrogens is 2. The number of anilines is 1. The fourth-order valence-corrected chi connectivity index (χ4v) is 3.19. The van der Waals surface area contributed by atoms with Crippen molar-refractivity contribution < 1.29 is 13.6 Å². The molecule has 0 saturated carbocycles. The molecule has 1 aromatic heterocycles. The Morgan fingerprint density at radius 2 is 1.63 bits per heavy atom. The molecule has 1 amide bonds. The molecule has 0 unspecified atom stereocenters. The number of benzene rings is 3. The highest BCUT2D eigenvalue weighted by atomic mass is 19.1. The summed E-state index contributed by atoms with van der Waals surface area (Å²) in [6.45, 7) is 2.46. The molecule has 3 aromatic carbocycles. The molecular formula is C24H19F2N3O. The van der Waals surface area contributed by atoms with Gasteiger partial charge in [0.15, 0.2) is 0 Å². The molecule has 30 heavy (non-hydrogen) atoms. The third-order valence-electron chi connectivity index (χ3n) is 4.64. The summed E-state index contributed by atoms with van der Waals surface area (Å²) in [5.41, 5.74) is 3.77. The van der Waals surface area contributed by atoms with Gasteiger partial charge in [0.25, 0.3) is 5.91 Å². The molecule has 0 radical (unpaired) electrons. The van der Waals surface area contributed by atoms with Gasteiger partial charge in [-0.15, -0.1) is 0 Å². The van der Waals surface area contributed by atoms with Crippen molar-refractivity contribution in [1.82, 2.24) is 9.78 Å². The molecule has 150 valence electrons. The van der Waals surface area contributed by atoms with E-state index in [1.54, 1.807) is 10.9 Å². The average molecular weight is 403 g/mol. The monoisotopic (exact) mass is 403 g/mol. The molecule has 4 nitrogen and oxygen atoms in total. The predicted octanol–water partition coefficient (Wildman–Crippen LogP) is 5.44. The summed E-state index contributed by atoms with van der Waals surface area (Å²) in [5.74, 6) is -2.01. The van der Waals surface area contributed by atoms with Gasteiger partial charge in [0, 0.05) is 23.5 Å². The SMILES string of the molecule is Cc1ccc(-c2nn(Cc3ccccc3)cc2C(=O)Nc2cc(F)cc(F)c2)cc1. The van der Waals surface area contributed by atoms with Gasteiger partial charge in [-0.3, -0.25) is 9.48 Å². The van der Waals surface area contributed by atoms with E-state index in [0.29, 0.717) is 17.8 Å². The van der Waals surface area contributed by atoms with E-state index in [-0.39, 0.29) is 5.69 Å². The second-order valence-corrected chi connectivity index (χ2v) is 7.05. The second kappa shape index (κ2) is 8.29.